The van der Waals surface area contributed by atoms with Gasteiger partial charge in [0.1, 0.15) is 10.5 Å². The van der Waals surface area contributed by atoms with Gasteiger partial charge < -0.3 is 4.42 Å². The largest absolute Gasteiger partial charge is 0.449 e. The third kappa shape index (κ3) is 3.12. The van der Waals surface area contributed by atoms with Crippen LogP contribution in [0.3, 0.4) is 0 Å². The maximum Gasteiger partial charge on any atom is 0.276 e. The molecule has 0 amide bonds. The van der Waals surface area contributed by atoms with Crippen LogP contribution in [0.1, 0.15) is 22.4 Å². The Kier molecular flexibility index (Phi) is 4.89. The molecule has 0 fully saturated rings. The number of hydrogen-bond acceptors (Lipinski definition) is 2. The molecule has 0 N–H and O–H groups in total. The number of rotatable bonds is 3. The van der Waals surface area contributed by atoms with E-state index in [4.69, 9.17) is 4.42 Å². The smallest absolute Gasteiger partial charge is 0.276 e. The SMILES string of the molecule is Cc1cccc(C)c1-c1sc(-c2ccccc2)c(C)[n+]1-c1c(C)ccc2c1oc1ccccc12. The van der Waals surface area contributed by atoms with Crippen LogP contribution in [0.5, 0.6) is 0 Å². The number of aryl methyl sites for hydroxylation is 3. The summed E-state index contributed by atoms with van der Waals surface area (Å²) >= 11 is 1.86. The van der Waals surface area contributed by atoms with Crippen LogP contribution in [0.4, 0.5) is 0 Å². The van der Waals surface area contributed by atoms with Crippen molar-refractivity contribution in [2.75, 3.05) is 0 Å². The zero-order chi connectivity index (χ0) is 23.4. The Labute approximate surface area is 203 Å². The van der Waals surface area contributed by atoms with E-state index in [0.717, 1.165) is 27.6 Å². The summed E-state index contributed by atoms with van der Waals surface area (Å²) in [5.41, 5.74) is 10.5. The summed E-state index contributed by atoms with van der Waals surface area (Å²) in [5, 5.41) is 3.55. The first-order chi connectivity index (χ1) is 16.5. The summed E-state index contributed by atoms with van der Waals surface area (Å²) in [6, 6.07) is 30.0. The predicted molar refractivity (Wildman–Crippen MR) is 143 cm³/mol. The van der Waals surface area contributed by atoms with Crippen LogP contribution < -0.4 is 4.57 Å². The normalized spacial score (nSPS) is 11.5. The Balaban J connectivity index is 1.76. The van der Waals surface area contributed by atoms with E-state index in [9.17, 15) is 0 Å². The zero-order valence-corrected chi connectivity index (χ0v) is 20.7. The second-order valence-electron chi connectivity index (χ2n) is 9.00. The molecule has 0 aliphatic rings. The van der Waals surface area contributed by atoms with Crippen molar-refractivity contribution < 1.29 is 8.98 Å². The summed E-state index contributed by atoms with van der Waals surface area (Å²) in [6.07, 6.45) is 0. The molecule has 4 aromatic carbocycles. The van der Waals surface area contributed by atoms with Gasteiger partial charge >= 0.3 is 0 Å². The summed E-state index contributed by atoms with van der Waals surface area (Å²) in [7, 11) is 0. The molecule has 0 saturated carbocycles. The number of fused-ring (bicyclic) bond motifs is 3. The van der Waals surface area contributed by atoms with Crippen LogP contribution >= 0.6 is 11.3 Å². The van der Waals surface area contributed by atoms with Gasteiger partial charge in [-0.05, 0) is 49.6 Å². The van der Waals surface area contributed by atoms with Crippen LogP contribution in [0, 0.1) is 27.7 Å². The van der Waals surface area contributed by atoms with Crippen molar-refractivity contribution in [1.29, 1.82) is 0 Å². The lowest BCUT2D eigenvalue weighted by Crippen LogP contribution is -2.35. The van der Waals surface area contributed by atoms with Crippen molar-refractivity contribution in [2.45, 2.75) is 27.7 Å². The highest BCUT2D eigenvalue weighted by atomic mass is 32.1. The average Bonchev–Trinajstić information content (AvgIpc) is 3.38. The molecule has 0 saturated heterocycles. The van der Waals surface area contributed by atoms with Gasteiger partial charge in [-0.1, -0.05) is 84.1 Å². The molecule has 0 aliphatic heterocycles. The number of aromatic nitrogens is 1. The molecule has 2 aromatic heterocycles. The minimum atomic E-state index is 0.926. The topological polar surface area (TPSA) is 17.0 Å². The van der Waals surface area contributed by atoms with Crippen molar-refractivity contribution in [3.8, 4) is 26.7 Å². The van der Waals surface area contributed by atoms with Gasteiger partial charge in [0.25, 0.3) is 10.7 Å². The lowest BCUT2D eigenvalue weighted by molar-refractivity contribution is -0.584. The molecule has 2 nitrogen and oxygen atoms in total. The second-order valence-corrected chi connectivity index (χ2v) is 10.00. The molecule has 0 bridgehead atoms. The Morgan fingerprint density at radius 1 is 0.647 bits per heavy atom. The fourth-order valence-corrected chi connectivity index (χ4v) is 6.49. The van der Waals surface area contributed by atoms with E-state index < -0.39 is 0 Å². The van der Waals surface area contributed by atoms with E-state index in [0.29, 0.717) is 0 Å². The van der Waals surface area contributed by atoms with Gasteiger partial charge in [0.05, 0.1) is 5.56 Å². The van der Waals surface area contributed by atoms with Gasteiger partial charge in [-0.15, -0.1) is 4.57 Å². The highest BCUT2D eigenvalue weighted by Gasteiger charge is 2.33. The Bertz CT molecular complexity index is 1670. The molecular formula is C31H26NOS+. The van der Waals surface area contributed by atoms with Gasteiger partial charge in [0, 0.05) is 23.3 Å². The molecule has 34 heavy (non-hydrogen) atoms. The highest BCUT2D eigenvalue weighted by molar-refractivity contribution is 7.18. The molecule has 0 spiro atoms. The van der Waals surface area contributed by atoms with Gasteiger partial charge in [0.2, 0.25) is 11.3 Å². The second kappa shape index (κ2) is 7.96. The van der Waals surface area contributed by atoms with E-state index >= 15 is 0 Å². The van der Waals surface area contributed by atoms with Gasteiger partial charge in [0.15, 0.2) is 0 Å². The quantitative estimate of drug-likeness (QED) is 0.242. The molecule has 6 rings (SSSR count). The number of para-hydroxylation sites is 1. The fraction of sp³-hybridized carbons (Fsp3) is 0.129. The lowest BCUT2D eigenvalue weighted by atomic mass is 10.0. The number of hydrogen-bond donors (Lipinski definition) is 0. The van der Waals surface area contributed by atoms with E-state index in [2.05, 4.69) is 111 Å². The van der Waals surface area contributed by atoms with Crippen molar-refractivity contribution in [1.82, 2.24) is 0 Å². The third-order valence-corrected chi connectivity index (χ3v) is 8.06. The number of thiazole rings is 1. The van der Waals surface area contributed by atoms with E-state index in [1.807, 2.05) is 17.4 Å². The van der Waals surface area contributed by atoms with Crippen LogP contribution in [0.2, 0.25) is 0 Å². The van der Waals surface area contributed by atoms with Crippen molar-refractivity contribution in [3.63, 3.8) is 0 Å². The lowest BCUT2D eigenvalue weighted by Gasteiger charge is -2.08. The maximum atomic E-state index is 6.52. The standard InChI is InChI=1S/C31H26NOS/c1-19-11-10-12-20(2)27(19)31-32(22(4)30(34-31)23-13-6-5-7-14-23)28-21(3)17-18-25-24-15-8-9-16-26(24)33-29(25)28/h5-18H,1-4H3/q+1. The van der Waals surface area contributed by atoms with E-state index in [1.165, 1.54) is 43.4 Å². The molecule has 0 aliphatic carbocycles. The Morgan fingerprint density at radius 2 is 1.35 bits per heavy atom. The van der Waals surface area contributed by atoms with E-state index in [1.54, 1.807) is 0 Å². The predicted octanol–water partition coefficient (Wildman–Crippen LogP) is 8.49. The minimum absolute atomic E-state index is 0.926. The van der Waals surface area contributed by atoms with Gasteiger partial charge in [-0.25, -0.2) is 0 Å². The number of benzene rings is 4. The molecular weight excluding hydrogens is 434 g/mol. The monoisotopic (exact) mass is 460 g/mol. The first kappa shape index (κ1) is 20.9. The van der Waals surface area contributed by atoms with Crippen molar-refractivity contribution in [2.24, 2.45) is 0 Å². The van der Waals surface area contributed by atoms with Gasteiger partial charge in [-0.3, -0.25) is 0 Å². The zero-order valence-electron chi connectivity index (χ0n) is 19.8. The maximum absolute atomic E-state index is 6.52. The number of furan rings is 1. The first-order valence-corrected chi connectivity index (χ1v) is 12.4. The fourth-order valence-electron chi connectivity index (χ4n) is 5.06. The molecule has 0 unspecified atom stereocenters. The van der Waals surface area contributed by atoms with Crippen molar-refractivity contribution >= 4 is 33.3 Å². The number of nitrogens with zero attached hydrogens (tertiary/aromatic N) is 1. The Hall–Kier alpha value is -3.69. The molecule has 0 radical (unpaired) electrons. The Morgan fingerprint density at radius 3 is 2.12 bits per heavy atom. The molecule has 166 valence electrons. The van der Waals surface area contributed by atoms with Crippen LogP contribution in [0.25, 0.3) is 48.6 Å². The summed E-state index contributed by atoms with van der Waals surface area (Å²) in [4.78, 5) is 1.28. The van der Waals surface area contributed by atoms with Crippen LogP contribution in [0.15, 0.2) is 89.3 Å². The van der Waals surface area contributed by atoms with Crippen LogP contribution in [-0.4, -0.2) is 0 Å². The van der Waals surface area contributed by atoms with Crippen LogP contribution in [-0.2, 0) is 0 Å². The average molecular weight is 461 g/mol. The molecule has 3 heteroatoms. The summed E-state index contributed by atoms with van der Waals surface area (Å²) in [6.45, 7) is 8.83. The molecule has 0 atom stereocenters. The van der Waals surface area contributed by atoms with Crippen molar-refractivity contribution in [3.05, 3.63) is 107 Å². The van der Waals surface area contributed by atoms with E-state index in [-0.39, 0.29) is 0 Å². The highest BCUT2D eigenvalue weighted by Crippen LogP contribution is 2.40. The van der Waals surface area contributed by atoms with Gasteiger partial charge in [-0.2, -0.15) is 0 Å². The minimum Gasteiger partial charge on any atom is -0.449 e. The first-order valence-electron chi connectivity index (χ1n) is 11.6. The molecule has 6 aromatic rings. The molecule has 2 heterocycles. The summed E-state index contributed by atoms with van der Waals surface area (Å²) < 4.78 is 8.96. The summed E-state index contributed by atoms with van der Waals surface area (Å²) in [5.74, 6) is 0. The third-order valence-electron chi connectivity index (χ3n) is 6.74.